The van der Waals surface area contributed by atoms with Crippen molar-refractivity contribution in [3.05, 3.63) is 53.9 Å². The van der Waals surface area contributed by atoms with Gasteiger partial charge in [0.05, 0.1) is 0 Å². The molecular formula is C19H22N2O4. The average Bonchev–Trinajstić information content (AvgIpc) is 3.00. The van der Waals surface area contributed by atoms with Gasteiger partial charge >= 0.3 is 5.97 Å². The Morgan fingerprint density at radius 3 is 2.20 bits per heavy atom. The summed E-state index contributed by atoms with van der Waals surface area (Å²) in [6.07, 6.45) is 0.825. The minimum atomic E-state index is -0.904. The lowest BCUT2D eigenvalue weighted by molar-refractivity contribution is -0.118. The molecule has 6 nitrogen and oxygen atoms in total. The first kappa shape index (κ1) is 18.4. The second-order valence-electron chi connectivity index (χ2n) is 6.14. The fraction of sp³-hybridized carbons (Fsp3) is 0.316. The molecule has 1 atom stereocenters. The summed E-state index contributed by atoms with van der Waals surface area (Å²) in [4.78, 5) is 36.1. The van der Waals surface area contributed by atoms with Gasteiger partial charge in [-0.2, -0.15) is 0 Å². The van der Waals surface area contributed by atoms with Gasteiger partial charge in [-0.3, -0.25) is 9.59 Å². The van der Waals surface area contributed by atoms with Crippen molar-refractivity contribution in [3.63, 3.8) is 0 Å². The van der Waals surface area contributed by atoms with Crippen molar-refractivity contribution in [3.8, 4) is 0 Å². The second kappa shape index (κ2) is 7.79. The normalized spacial score (nSPS) is 11.9. The smallest absolute Gasteiger partial charge is 0.355 e. The molecular weight excluding hydrogens is 320 g/mol. The van der Waals surface area contributed by atoms with E-state index in [2.05, 4.69) is 5.32 Å². The van der Waals surface area contributed by atoms with Crippen molar-refractivity contribution >= 4 is 23.3 Å². The number of ether oxygens (including phenoxy) is 1. The number of aryl methyl sites for hydroxylation is 1. The van der Waals surface area contributed by atoms with Crippen molar-refractivity contribution in [1.82, 2.24) is 4.57 Å². The van der Waals surface area contributed by atoms with Gasteiger partial charge in [0.1, 0.15) is 5.69 Å². The van der Waals surface area contributed by atoms with Crippen LogP contribution in [0.3, 0.4) is 0 Å². The molecule has 132 valence electrons. The Morgan fingerprint density at radius 1 is 1.04 bits per heavy atom. The molecule has 2 rings (SSSR count). The number of rotatable bonds is 6. The van der Waals surface area contributed by atoms with Gasteiger partial charge in [-0.05, 0) is 43.3 Å². The second-order valence-corrected chi connectivity index (χ2v) is 6.14. The summed E-state index contributed by atoms with van der Waals surface area (Å²) < 4.78 is 6.87. The fourth-order valence-corrected chi connectivity index (χ4v) is 2.19. The van der Waals surface area contributed by atoms with Gasteiger partial charge < -0.3 is 14.6 Å². The van der Waals surface area contributed by atoms with Crippen molar-refractivity contribution in [1.29, 1.82) is 0 Å². The number of nitrogens with zero attached hydrogens (tertiary/aromatic N) is 1. The van der Waals surface area contributed by atoms with Gasteiger partial charge in [0.2, 0.25) is 11.7 Å². The number of hydrogen-bond acceptors (Lipinski definition) is 4. The predicted molar refractivity (Wildman–Crippen MR) is 94.5 cm³/mol. The maximum absolute atomic E-state index is 12.4. The van der Waals surface area contributed by atoms with Crippen LogP contribution in [0.25, 0.3) is 0 Å². The molecule has 0 aliphatic rings. The predicted octanol–water partition coefficient (Wildman–Crippen LogP) is 3.05. The molecule has 1 amide bonds. The van der Waals surface area contributed by atoms with Crippen molar-refractivity contribution in [2.75, 3.05) is 5.32 Å². The van der Waals surface area contributed by atoms with Crippen LogP contribution in [0.15, 0.2) is 42.6 Å². The quantitative estimate of drug-likeness (QED) is 0.646. The first-order valence-corrected chi connectivity index (χ1v) is 8.07. The zero-order chi connectivity index (χ0) is 18.6. The number of nitrogens with one attached hydrogen (secondary N) is 1. The molecule has 0 bridgehead atoms. The summed E-state index contributed by atoms with van der Waals surface area (Å²) in [7, 11) is 1.73. The summed E-state index contributed by atoms with van der Waals surface area (Å²) in [5.74, 6) is -1.07. The van der Waals surface area contributed by atoms with Crippen LogP contribution in [0, 0.1) is 5.92 Å². The number of ketones is 1. The summed E-state index contributed by atoms with van der Waals surface area (Å²) in [6.45, 7) is 5.14. The van der Waals surface area contributed by atoms with Crippen molar-refractivity contribution < 1.29 is 19.1 Å². The molecule has 0 fully saturated rings. The first-order chi connectivity index (χ1) is 11.8. The number of amides is 1. The number of esters is 1. The standard InChI is InChI=1S/C19H22N2O4/c1-12(2)18(23)20-15-9-7-14(8-10-15)17(22)13(3)25-19(24)16-6-5-11-21(16)4/h5-13H,1-4H3,(H,20,23)/t13-/m0/s1. The average molecular weight is 342 g/mol. The number of carbonyl (C=O) groups is 3. The number of benzene rings is 1. The Hall–Kier alpha value is -2.89. The maximum Gasteiger partial charge on any atom is 0.355 e. The molecule has 25 heavy (non-hydrogen) atoms. The van der Waals surface area contributed by atoms with E-state index < -0.39 is 12.1 Å². The van der Waals surface area contributed by atoms with E-state index in [4.69, 9.17) is 4.74 Å². The van der Waals surface area contributed by atoms with Gasteiger partial charge in [-0.25, -0.2) is 4.79 Å². The van der Waals surface area contributed by atoms with Crippen LogP contribution in [0.1, 0.15) is 41.6 Å². The largest absolute Gasteiger partial charge is 0.450 e. The van der Waals surface area contributed by atoms with E-state index in [1.54, 1.807) is 68.1 Å². The van der Waals surface area contributed by atoms with Crippen molar-refractivity contribution in [2.24, 2.45) is 13.0 Å². The van der Waals surface area contributed by atoms with Crippen molar-refractivity contribution in [2.45, 2.75) is 26.9 Å². The number of carbonyl (C=O) groups excluding carboxylic acids is 3. The van der Waals surface area contributed by atoms with E-state index in [9.17, 15) is 14.4 Å². The molecule has 1 aromatic heterocycles. The van der Waals surface area contributed by atoms with E-state index in [0.29, 0.717) is 16.9 Å². The highest BCUT2D eigenvalue weighted by Gasteiger charge is 2.21. The van der Waals surface area contributed by atoms with E-state index >= 15 is 0 Å². The minimum Gasteiger partial charge on any atom is -0.450 e. The van der Waals surface area contributed by atoms with Gasteiger partial charge in [-0.1, -0.05) is 13.8 Å². The fourth-order valence-electron chi connectivity index (χ4n) is 2.19. The lowest BCUT2D eigenvalue weighted by atomic mass is 10.1. The summed E-state index contributed by atoms with van der Waals surface area (Å²) in [5, 5.41) is 2.76. The molecule has 1 aromatic carbocycles. The Bertz CT molecular complexity index is 775. The first-order valence-electron chi connectivity index (χ1n) is 8.07. The Morgan fingerprint density at radius 2 is 1.68 bits per heavy atom. The lowest BCUT2D eigenvalue weighted by Crippen LogP contribution is -2.25. The molecule has 2 aromatic rings. The highest BCUT2D eigenvalue weighted by Crippen LogP contribution is 2.14. The highest BCUT2D eigenvalue weighted by molar-refractivity contribution is 6.01. The number of hydrogen-bond donors (Lipinski definition) is 1. The van der Waals surface area contributed by atoms with Crippen LogP contribution in [0.2, 0.25) is 0 Å². The summed E-state index contributed by atoms with van der Waals surface area (Å²) in [6, 6.07) is 9.87. The van der Waals surface area contributed by atoms with Crippen LogP contribution in [0.4, 0.5) is 5.69 Å². The van der Waals surface area contributed by atoms with Gasteiger partial charge in [-0.15, -0.1) is 0 Å². The molecule has 0 aliphatic carbocycles. The van der Waals surface area contributed by atoms with E-state index in [1.165, 1.54) is 6.92 Å². The van der Waals surface area contributed by atoms with E-state index in [-0.39, 0.29) is 17.6 Å². The van der Waals surface area contributed by atoms with Crippen LogP contribution in [-0.4, -0.2) is 28.3 Å². The number of Topliss-reactive ketones (excluding diaryl/α,β-unsaturated/α-hetero) is 1. The van der Waals surface area contributed by atoms with Crippen LogP contribution < -0.4 is 5.32 Å². The molecule has 0 spiro atoms. The molecule has 6 heteroatoms. The number of anilines is 1. The molecule has 0 radical (unpaired) electrons. The third-order valence-corrected chi connectivity index (χ3v) is 3.77. The highest BCUT2D eigenvalue weighted by atomic mass is 16.5. The van der Waals surface area contributed by atoms with Crippen LogP contribution in [-0.2, 0) is 16.6 Å². The van der Waals surface area contributed by atoms with Gasteiger partial charge in [0.15, 0.2) is 6.10 Å². The third kappa shape index (κ3) is 4.56. The maximum atomic E-state index is 12.4. The van der Waals surface area contributed by atoms with E-state index in [0.717, 1.165) is 0 Å². The Kier molecular flexibility index (Phi) is 5.75. The lowest BCUT2D eigenvalue weighted by Gasteiger charge is -2.13. The molecule has 0 saturated carbocycles. The molecule has 1 heterocycles. The summed E-state index contributed by atoms with van der Waals surface area (Å²) >= 11 is 0. The van der Waals surface area contributed by atoms with Gasteiger partial charge in [0, 0.05) is 30.4 Å². The monoisotopic (exact) mass is 342 g/mol. The van der Waals surface area contributed by atoms with Gasteiger partial charge in [0.25, 0.3) is 0 Å². The third-order valence-electron chi connectivity index (χ3n) is 3.77. The summed E-state index contributed by atoms with van der Waals surface area (Å²) in [5.41, 5.74) is 1.41. The minimum absolute atomic E-state index is 0.0936. The van der Waals surface area contributed by atoms with Crippen LogP contribution >= 0.6 is 0 Å². The molecule has 0 unspecified atom stereocenters. The van der Waals surface area contributed by atoms with E-state index in [1.807, 2.05) is 0 Å². The zero-order valence-electron chi connectivity index (χ0n) is 14.8. The Balaban J connectivity index is 2.01. The SMILES string of the molecule is CC(C)C(=O)Nc1ccc(C(=O)[C@H](C)OC(=O)c2cccn2C)cc1. The molecule has 1 N–H and O–H groups in total. The number of aromatic nitrogens is 1. The van der Waals surface area contributed by atoms with Crippen LogP contribution in [0.5, 0.6) is 0 Å². The topological polar surface area (TPSA) is 77.4 Å². The molecule has 0 aliphatic heterocycles. The zero-order valence-corrected chi connectivity index (χ0v) is 14.8. The Labute approximate surface area is 146 Å². The molecule has 0 saturated heterocycles.